The molecule has 0 unspecified atom stereocenters. The molecule has 0 aliphatic heterocycles. The van der Waals surface area contributed by atoms with Gasteiger partial charge in [0.25, 0.3) is 0 Å². The fourth-order valence-corrected chi connectivity index (χ4v) is 2.01. The Hall–Kier alpha value is -3.60. The van der Waals surface area contributed by atoms with Crippen molar-refractivity contribution in [3.63, 3.8) is 0 Å². The van der Waals surface area contributed by atoms with Gasteiger partial charge in [0.1, 0.15) is 11.6 Å². The number of halogens is 1. The van der Waals surface area contributed by atoms with Gasteiger partial charge in [0.2, 0.25) is 5.91 Å². The predicted octanol–water partition coefficient (Wildman–Crippen LogP) is 1.53. The number of H-pyrrole nitrogens is 1. The van der Waals surface area contributed by atoms with Crippen molar-refractivity contribution in [2.24, 2.45) is 5.73 Å². The number of hydrogen-bond donors (Lipinski definition) is 2. The highest BCUT2D eigenvalue weighted by Gasteiger charge is 2.10. The molecule has 0 aliphatic carbocycles. The topological polar surface area (TPSA) is 121 Å². The Morgan fingerprint density at radius 2 is 2.22 bits per heavy atom. The van der Waals surface area contributed by atoms with Gasteiger partial charge in [-0.3, -0.25) is 4.79 Å². The lowest BCUT2D eigenvalue weighted by molar-refractivity contribution is -0.113. The predicted molar refractivity (Wildman–Crippen MR) is 80.0 cm³/mol. The van der Waals surface area contributed by atoms with E-state index in [9.17, 15) is 9.18 Å². The zero-order chi connectivity index (χ0) is 16.4. The maximum absolute atomic E-state index is 13.7. The van der Waals surface area contributed by atoms with Gasteiger partial charge < -0.3 is 10.7 Å². The van der Waals surface area contributed by atoms with Crippen molar-refractivity contribution in [1.82, 2.24) is 19.9 Å². The molecule has 3 N–H and O–H groups in total. The number of nitrogens with zero attached hydrogens (tertiary/aromatic N) is 4. The third kappa shape index (κ3) is 2.75. The summed E-state index contributed by atoms with van der Waals surface area (Å²) in [6.07, 6.45) is 7.16. The van der Waals surface area contributed by atoms with Crippen molar-refractivity contribution in [1.29, 1.82) is 5.26 Å². The summed E-state index contributed by atoms with van der Waals surface area (Å²) in [6, 6.07) is 2.83. The van der Waals surface area contributed by atoms with E-state index >= 15 is 0 Å². The van der Waals surface area contributed by atoms with Gasteiger partial charge >= 0.3 is 0 Å². The van der Waals surface area contributed by atoms with Gasteiger partial charge in [-0.15, -0.1) is 0 Å². The van der Waals surface area contributed by atoms with Crippen LogP contribution in [0.4, 0.5) is 4.39 Å². The molecular weight excluding hydrogens is 299 g/mol. The number of amides is 1. The molecule has 3 aromatic rings. The molecule has 3 heterocycles. The number of primary amides is 1. The van der Waals surface area contributed by atoms with Crippen LogP contribution in [0, 0.1) is 17.1 Å². The summed E-state index contributed by atoms with van der Waals surface area (Å²) in [5.74, 6) is -1.31. The van der Waals surface area contributed by atoms with Crippen LogP contribution in [-0.2, 0) is 4.79 Å². The summed E-state index contributed by atoms with van der Waals surface area (Å²) in [7, 11) is 0. The molecule has 0 saturated heterocycles. The summed E-state index contributed by atoms with van der Waals surface area (Å²) in [6.45, 7) is 0. The fourth-order valence-electron chi connectivity index (χ4n) is 2.01. The molecule has 23 heavy (non-hydrogen) atoms. The lowest BCUT2D eigenvalue weighted by Crippen LogP contribution is -2.05. The standard InChI is InChI=1S/C15H9FN6O/c16-10-3-9(6-19-11(10)4-17)12-7-21-15-14(22-12)8(5-20-15)1-2-13(18)23/h1-3,5-7H,(H2,18,23)(H,20,21). The van der Waals surface area contributed by atoms with Gasteiger partial charge in [0, 0.05) is 29.6 Å². The van der Waals surface area contributed by atoms with Crippen LogP contribution in [-0.4, -0.2) is 25.8 Å². The van der Waals surface area contributed by atoms with E-state index in [1.54, 1.807) is 12.3 Å². The Labute approximate surface area is 129 Å². The Bertz CT molecular complexity index is 985. The first-order valence-corrected chi connectivity index (χ1v) is 6.46. The van der Waals surface area contributed by atoms with Gasteiger partial charge in [-0.25, -0.2) is 19.3 Å². The van der Waals surface area contributed by atoms with E-state index in [2.05, 4.69) is 19.9 Å². The molecule has 0 radical (unpaired) electrons. The maximum Gasteiger partial charge on any atom is 0.241 e. The van der Waals surface area contributed by atoms with Crippen LogP contribution in [0.25, 0.3) is 28.5 Å². The van der Waals surface area contributed by atoms with Crippen molar-refractivity contribution in [3.8, 4) is 17.3 Å². The molecule has 0 fully saturated rings. The monoisotopic (exact) mass is 308 g/mol. The van der Waals surface area contributed by atoms with E-state index in [1.807, 2.05) is 0 Å². The van der Waals surface area contributed by atoms with Gasteiger partial charge in [-0.2, -0.15) is 5.26 Å². The van der Waals surface area contributed by atoms with Crippen LogP contribution in [0.2, 0.25) is 0 Å². The minimum atomic E-state index is -0.727. The summed E-state index contributed by atoms with van der Waals surface area (Å²) < 4.78 is 13.7. The number of nitrogens with one attached hydrogen (secondary N) is 1. The molecule has 112 valence electrons. The number of hydrogen-bond acceptors (Lipinski definition) is 5. The molecule has 0 aromatic carbocycles. The minimum absolute atomic E-state index is 0.283. The molecular formula is C15H9FN6O. The van der Waals surface area contributed by atoms with Crippen molar-refractivity contribution < 1.29 is 9.18 Å². The second-order valence-corrected chi connectivity index (χ2v) is 4.60. The highest BCUT2D eigenvalue weighted by molar-refractivity contribution is 5.93. The largest absolute Gasteiger partial charge is 0.366 e. The number of pyridine rings is 1. The van der Waals surface area contributed by atoms with Crippen LogP contribution in [0.3, 0.4) is 0 Å². The van der Waals surface area contributed by atoms with E-state index < -0.39 is 11.7 Å². The average Bonchev–Trinajstić information content (AvgIpc) is 2.95. The van der Waals surface area contributed by atoms with Crippen LogP contribution < -0.4 is 5.73 Å². The van der Waals surface area contributed by atoms with E-state index in [-0.39, 0.29) is 5.69 Å². The molecule has 0 saturated carbocycles. The lowest BCUT2D eigenvalue weighted by atomic mass is 10.2. The summed E-state index contributed by atoms with van der Waals surface area (Å²) in [5, 5.41) is 8.70. The van der Waals surface area contributed by atoms with Gasteiger partial charge in [-0.05, 0) is 12.1 Å². The maximum atomic E-state index is 13.7. The first-order valence-electron chi connectivity index (χ1n) is 6.46. The number of carbonyl (C=O) groups excluding carboxylic acids is 1. The first-order chi connectivity index (χ1) is 11.1. The highest BCUT2D eigenvalue weighted by Crippen LogP contribution is 2.22. The Morgan fingerprint density at radius 3 is 2.91 bits per heavy atom. The number of fused-ring (bicyclic) bond motifs is 1. The Kier molecular flexibility index (Phi) is 3.52. The van der Waals surface area contributed by atoms with Gasteiger partial charge in [0.15, 0.2) is 17.2 Å². The van der Waals surface area contributed by atoms with Gasteiger partial charge in [0.05, 0.1) is 11.9 Å². The minimum Gasteiger partial charge on any atom is -0.366 e. The molecule has 3 aromatic heterocycles. The van der Waals surface area contributed by atoms with Crippen LogP contribution in [0.5, 0.6) is 0 Å². The van der Waals surface area contributed by atoms with Gasteiger partial charge in [-0.1, -0.05) is 0 Å². The van der Waals surface area contributed by atoms with Crippen molar-refractivity contribution in [2.45, 2.75) is 0 Å². The SMILES string of the molecule is N#Cc1ncc(-c2cnc3[nH]cc(C=CC(N)=O)c3n2)cc1F. The van der Waals surface area contributed by atoms with E-state index in [0.29, 0.717) is 28.0 Å². The fraction of sp³-hybridized carbons (Fsp3) is 0. The first kappa shape index (κ1) is 14.3. The average molecular weight is 308 g/mol. The van der Waals surface area contributed by atoms with Crippen molar-refractivity contribution >= 4 is 23.1 Å². The molecule has 0 atom stereocenters. The molecule has 7 nitrogen and oxygen atoms in total. The van der Waals surface area contributed by atoms with Crippen molar-refractivity contribution in [2.75, 3.05) is 0 Å². The van der Waals surface area contributed by atoms with E-state index in [0.717, 1.165) is 0 Å². The summed E-state index contributed by atoms with van der Waals surface area (Å²) in [4.78, 5) is 26.1. The molecule has 0 bridgehead atoms. The van der Waals surface area contributed by atoms with E-state index in [1.165, 1.54) is 30.6 Å². The second kappa shape index (κ2) is 5.65. The lowest BCUT2D eigenvalue weighted by Gasteiger charge is -2.01. The molecule has 0 aliphatic rings. The summed E-state index contributed by atoms with van der Waals surface area (Å²) in [5.41, 5.74) is 7.21. The number of aromatic amines is 1. The number of nitriles is 1. The molecule has 0 spiro atoms. The second-order valence-electron chi connectivity index (χ2n) is 4.60. The molecule has 3 rings (SSSR count). The number of carbonyl (C=O) groups is 1. The zero-order valence-corrected chi connectivity index (χ0v) is 11.6. The quantitative estimate of drug-likeness (QED) is 0.710. The molecule has 1 amide bonds. The highest BCUT2D eigenvalue weighted by atomic mass is 19.1. The van der Waals surface area contributed by atoms with Crippen LogP contribution >= 0.6 is 0 Å². The zero-order valence-electron chi connectivity index (χ0n) is 11.6. The number of aromatic nitrogens is 4. The van der Waals surface area contributed by atoms with Crippen molar-refractivity contribution in [3.05, 3.63) is 47.8 Å². The Morgan fingerprint density at radius 1 is 1.39 bits per heavy atom. The normalized spacial score (nSPS) is 11.0. The Balaban J connectivity index is 2.09. The molecule has 8 heteroatoms. The van der Waals surface area contributed by atoms with Crippen LogP contribution in [0.1, 0.15) is 11.3 Å². The van der Waals surface area contributed by atoms with E-state index in [4.69, 9.17) is 11.0 Å². The van der Waals surface area contributed by atoms with Crippen LogP contribution in [0.15, 0.2) is 30.7 Å². The third-order valence-electron chi connectivity index (χ3n) is 3.08. The number of rotatable bonds is 3. The third-order valence-corrected chi connectivity index (χ3v) is 3.08. The summed E-state index contributed by atoms with van der Waals surface area (Å²) >= 11 is 0. The number of nitrogens with two attached hydrogens (primary N) is 1. The smallest absolute Gasteiger partial charge is 0.241 e.